The number of nitrogens with one attached hydrogen (secondary N) is 1. The molecule has 2 aromatic rings. The molecule has 4 nitrogen and oxygen atoms in total. The van der Waals surface area contributed by atoms with Gasteiger partial charge in [0.2, 0.25) is 0 Å². The average molecular weight is 358 g/mol. The Morgan fingerprint density at radius 3 is 1.90 bits per heavy atom. The van der Waals surface area contributed by atoms with Gasteiger partial charge < -0.3 is 15.2 Å². The number of carbonyl (C=O) groups is 2. The SMILES string of the molecule is O=C([O-])c1ccc(NC(=O)c2ccc(Br)cc2)cc1.[K+]. The van der Waals surface area contributed by atoms with Gasteiger partial charge in [0.25, 0.3) is 5.91 Å². The zero-order valence-electron chi connectivity index (χ0n) is 10.7. The van der Waals surface area contributed by atoms with Crippen molar-refractivity contribution in [2.24, 2.45) is 0 Å². The Morgan fingerprint density at radius 1 is 0.900 bits per heavy atom. The fourth-order valence-electron chi connectivity index (χ4n) is 1.49. The molecule has 0 radical (unpaired) electrons. The van der Waals surface area contributed by atoms with E-state index < -0.39 is 5.97 Å². The van der Waals surface area contributed by atoms with Gasteiger partial charge in [-0.3, -0.25) is 4.79 Å². The maximum absolute atomic E-state index is 11.9. The van der Waals surface area contributed by atoms with Crippen LogP contribution in [0.5, 0.6) is 0 Å². The maximum atomic E-state index is 11.9. The summed E-state index contributed by atoms with van der Waals surface area (Å²) in [7, 11) is 0. The Hall–Kier alpha value is -0.504. The number of carboxylic acids is 1. The number of hydrogen-bond acceptors (Lipinski definition) is 3. The second kappa shape index (κ2) is 8.07. The van der Waals surface area contributed by atoms with Crippen molar-refractivity contribution in [2.75, 3.05) is 5.32 Å². The number of hydrogen-bond donors (Lipinski definition) is 1. The quantitative estimate of drug-likeness (QED) is 0.721. The van der Waals surface area contributed by atoms with Crippen LogP contribution in [0.15, 0.2) is 53.0 Å². The van der Waals surface area contributed by atoms with E-state index in [-0.39, 0.29) is 62.9 Å². The molecule has 0 atom stereocenters. The largest absolute Gasteiger partial charge is 1.00 e. The molecule has 96 valence electrons. The van der Waals surface area contributed by atoms with Crippen LogP contribution in [0.3, 0.4) is 0 Å². The predicted octanol–water partition coefficient (Wildman–Crippen LogP) is -0.931. The molecule has 0 bridgehead atoms. The van der Waals surface area contributed by atoms with E-state index in [2.05, 4.69) is 21.2 Å². The van der Waals surface area contributed by atoms with Crippen LogP contribution >= 0.6 is 15.9 Å². The molecule has 2 rings (SSSR count). The summed E-state index contributed by atoms with van der Waals surface area (Å²) in [4.78, 5) is 22.5. The molecule has 0 heterocycles. The average Bonchev–Trinajstić information content (AvgIpc) is 2.40. The Labute approximate surface area is 167 Å². The van der Waals surface area contributed by atoms with Crippen LogP contribution in [0.2, 0.25) is 0 Å². The Balaban J connectivity index is 0.00000200. The molecule has 0 spiro atoms. The Bertz CT molecular complexity index is 611. The number of amides is 1. The second-order valence-corrected chi connectivity index (χ2v) is 4.74. The van der Waals surface area contributed by atoms with E-state index in [0.717, 1.165) is 4.47 Å². The van der Waals surface area contributed by atoms with E-state index in [4.69, 9.17) is 0 Å². The molecule has 0 aliphatic heterocycles. The normalized spacial score (nSPS) is 9.45. The van der Waals surface area contributed by atoms with Gasteiger partial charge in [-0.1, -0.05) is 28.1 Å². The third-order valence-corrected chi connectivity index (χ3v) is 3.01. The predicted molar refractivity (Wildman–Crippen MR) is 72.9 cm³/mol. The molecule has 0 aliphatic rings. The van der Waals surface area contributed by atoms with Gasteiger partial charge in [-0.05, 0) is 42.0 Å². The van der Waals surface area contributed by atoms with E-state index in [1.54, 1.807) is 24.3 Å². The summed E-state index contributed by atoms with van der Waals surface area (Å²) < 4.78 is 0.891. The van der Waals surface area contributed by atoms with Crippen molar-refractivity contribution in [1.82, 2.24) is 0 Å². The van der Waals surface area contributed by atoms with Crippen molar-refractivity contribution in [3.63, 3.8) is 0 Å². The van der Waals surface area contributed by atoms with Crippen LogP contribution in [-0.2, 0) is 0 Å². The first kappa shape index (κ1) is 17.5. The summed E-state index contributed by atoms with van der Waals surface area (Å²) in [6, 6.07) is 12.7. The summed E-state index contributed by atoms with van der Waals surface area (Å²) in [5, 5.41) is 13.3. The fourth-order valence-corrected chi connectivity index (χ4v) is 1.76. The molecule has 0 aromatic heterocycles. The number of carboxylic acid groups (broad SMARTS) is 1. The number of anilines is 1. The third-order valence-electron chi connectivity index (χ3n) is 2.48. The number of benzene rings is 2. The van der Waals surface area contributed by atoms with Crippen LogP contribution in [0, 0.1) is 0 Å². The first-order chi connectivity index (χ1) is 9.06. The van der Waals surface area contributed by atoms with E-state index in [1.165, 1.54) is 24.3 Å². The number of aromatic carboxylic acids is 1. The maximum Gasteiger partial charge on any atom is 1.00 e. The summed E-state index contributed by atoms with van der Waals surface area (Å²) in [5.74, 6) is -1.50. The molecule has 2 aromatic carbocycles. The monoisotopic (exact) mass is 357 g/mol. The van der Waals surface area contributed by atoms with Gasteiger partial charge in [0.15, 0.2) is 0 Å². The molecule has 0 aliphatic carbocycles. The molecule has 20 heavy (non-hydrogen) atoms. The second-order valence-electron chi connectivity index (χ2n) is 3.83. The van der Waals surface area contributed by atoms with Crippen molar-refractivity contribution in [3.05, 3.63) is 64.1 Å². The van der Waals surface area contributed by atoms with Crippen molar-refractivity contribution >= 4 is 33.5 Å². The summed E-state index contributed by atoms with van der Waals surface area (Å²) in [6.45, 7) is 0. The van der Waals surface area contributed by atoms with E-state index in [9.17, 15) is 14.7 Å². The molecule has 1 N–H and O–H groups in total. The molecule has 0 saturated carbocycles. The zero-order valence-corrected chi connectivity index (χ0v) is 15.4. The topological polar surface area (TPSA) is 69.2 Å². The minimum absolute atomic E-state index is 0. The number of carbonyl (C=O) groups excluding carboxylic acids is 2. The zero-order chi connectivity index (χ0) is 13.8. The number of rotatable bonds is 3. The number of halogens is 1. The van der Waals surface area contributed by atoms with Crippen LogP contribution in [0.4, 0.5) is 5.69 Å². The summed E-state index contributed by atoms with van der Waals surface area (Å²) in [5.41, 5.74) is 1.12. The molecular formula is C14H9BrKNO3. The van der Waals surface area contributed by atoms with Gasteiger partial charge in [-0.2, -0.15) is 0 Å². The fraction of sp³-hybridized carbons (Fsp3) is 0. The Kier molecular flexibility index (Phi) is 7.08. The van der Waals surface area contributed by atoms with Gasteiger partial charge in [-0.25, -0.2) is 0 Å². The van der Waals surface area contributed by atoms with Gasteiger partial charge in [0, 0.05) is 15.7 Å². The molecule has 0 saturated heterocycles. The summed E-state index contributed by atoms with van der Waals surface area (Å²) in [6.07, 6.45) is 0. The molecule has 0 fully saturated rings. The summed E-state index contributed by atoms with van der Waals surface area (Å²) >= 11 is 3.29. The van der Waals surface area contributed by atoms with Crippen LogP contribution in [0.1, 0.15) is 20.7 Å². The van der Waals surface area contributed by atoms with E-state index in [1.807, 2.05) is 0 Å². The van der Waals surface area contributed by atoms with Crippen molar-refractivity contribution in [1.29, 1.82) is 0 Å². The van der Waals surface area contributed by atoms with Crippen molar-refractivity contribution in [3.8, 4) is 0 Å². The standard InChI is InChI=1S/C14H10BrNO3.K/c15-11-5-1-9(2-6-11)13(17)16-12-7-3-10(4-8-12)14(18)19;/h1-8H,(H,16,17)(H,18,19);/q;+1/p-1. The van der Waals surface area contributed by atoms with Crippen molar-refractivity contribution < 1.29 is 66.1 Å². The van der Waals surface area contributed by atoms with Gasteiger partial charge in [-0.15, -0.1) is 0 Å². The first-order valence-electron chi connectivity index (χ1n) is 5.44. The first-order valence-corrected chi connectivity index (χ1v) is 6.24. The van der Waals surface area contributed by atoms with Crippen LogP contribution in [0.25, 0.3) is 0 Å². The minimum Gasteiger partial charge on any atom is -0.545 e. The molecule has 1 amide bonds. The minimum atomic E-state index is -1.24. The third kappa shape index (κ3) is 4.80. The van der Waals surface area contributed by atoms with Gasteiger partial charge in [0.1, 0.15) is 0 Å². The molecule has 6 heteroatoms. The smallest absolute Gasteiger partial charge is 0.545 e. The van der Waals surface area contributed by atoms with E-state index in [0.29, 0.717) is 11.3 Å². The van der Waals surface area contributed by atoms with Crippen LogP contribution < -0.4 is 61.8 Å². The van der Waals surface area contributed by atoms with Crippen LogP contribution in [-0.4, -0.2) is 11.9 Å². The van der Waals surface area contributed by atoms with Gasteiger partial charge in [0.05, 0.1) is 5.97 Å². The van der Waals surface area contributed by atoms with E-state index >= 15 is 0 Å². The van der Waals surface area contributed by atoms with Gasteiger partial charge >= 0.3 is 51.4 Å². The molecule has 0 unspecified atom stereocenters. The molecular weight excluding hydrogens is 349 g/mol. The Morgan fingerprint density at radius 2 is 1.40 bits per heavy atom. The van der Waals surface area contributed by atoms with Crippen molar-refractivity contribution in [2.45, 2.75) is 0 Å².